The molecule has 1 aromatic rings. The van der Waals surface area contributed by atoms with Gasteiger partial charge in [-0.15, -0.1) is 0 Å². The fourth-order valence-corrected chi connectivity index (χ4v) is 2.31. The number of rotatable bonds is 5. The average molecular weight is 332 g/mol. The van der Waals surface area contributed by atoms with Crippen molar-refractivity contribution in [3.05, 3.63) is 41.5 Å². The molecule has 0 bridgehead atoms. The van der Waals surface area contributed by atoms with Crippen molar-refractivity contribution in [3.63, 3.8) is 0 Å². The normalized spacial score (nSPS) is 17.7. The lowest BCUT2D eigenvalue weighted by Gasteiger charge is -2.32. The van der Waals surface area contributed by atoms with E-state index in [1.165, 1.54) is 25.1 Å². The molecule has 0 saturated carbocycles. The van der Waals surface area contributed by atoms with Crippen molar-refractivity contribution in [2.45, 2.75) is 13.0 Å². The van der Waals surface area contributed by atoms with Crippen molar-refractivity contribution in [3.8, 4) is 0 Å². The molecule has 1 fully saturated rings. The summed E-state index contributed by atoms with van der Waals surface area (Å²) in [5.74, 6) is -1.26. The summed E-state index contributed by atoms with van der Waals surface area (Å²) in [5, 5.41) is 11.5. The van der Waals surface area contributed by atoms with E-state index < -0.39 is 5.97 Å². The van der Waals surface area contributed by atoms with Gasteiger partial charge in [0.2, 0.25) is 11.8 Å². The molecule has 2 amide bonds. The van der Waals surface area contributed by atoms with Crippen LogP contribution >= 0.6 is 0 Å². The molecule has 7 heteroatoms. The first kappa shape index (κ1) is 17.7. The van der Waals surface area contributed by atoms with Gasteiger partial charge in [0.05, 0.1) is 18.3 Å². The number of carboxylic acid groups (broad SMARTS) is 1. The van der Waals surface area contributed by atoms with Gasteiger partial charge < -0.3 is 20.1 Å². The van der Waals surface area contributed by atoms with Crippen molar-refractivity contribution >= 4 is 23.9 Å². The average Bonchev–Trinajstić information content (AvgIpc) is 2.58. The van der Waals surface area contributed by atoms with Crippen LogP contribution in [0.25, 0.3) is 6.08 Å². The fourth-order valence-electron chi connectivity index (χ4n) is 2.31. The number of ether oxygens (including phenoxy) is 1. The number of carbonyl (C=O) groups excluding carboxylic acids is 2. The Labute approximate surface area is 139 Å². The van der Waals surface area contributed by atoms with Crippen molar-refractivity contribution in [1.82, 2.24) is 10.2 Å². The van der Waals surface area contributed by atoms with Gasteiger partial charge in [-0.1, -0.05) is 12.1 Å². The predicted molar refractivity (Wildman–Crippen MR) is 87.4 cm³/mol. The molecule has 0 spiro atoms. The van der Waals surface area contributed by atoms with Crippen LogP contribution in [0, 0.1) is 0 Å². The molecule has 1 saturated heterocycles. The maximum absolute atomic E-state index is 12.2. The Hall–Kier alpha value is -2.67. The van der Waals surface area contributed by atoms with E-state index in [4.69, 9.17) is 9.84 Å². The standard InChI is InChI=1S/C17H20N2O5/c1-12(20)18-10-15-11-19(8-9-24-15)16(21)7-4-13-2-5-14(6-3-13)17(22)23/h2-7,15H,8-11H2,1H3,(H,18,20)(H,22,23). The van der Waals surface area contributed by atoms with Crippen LogP contribution in [0.2, 0.25) is 0 Å². The van der Waals surface area contributed by atoms with Crippen LogP contribution in [0.1, 0.15) is 22.8 Å². The van der Waals surface area contributed by atoms with Crippen LogP contribution in [-0.2, 0) is 14.3 Å². The lowest BCUT2D eigenvalue weighted by atomic mass is 10.1. The summed E-state index contributed by atoms with van der Waals surface area (Å²) < 4.78 is 5.52. The summed E-state index contributed by atoms with van der Waals surface area (Å²) in [6.07, 6.45) is 2.89. The smallest absolute Gasteiger partial charge is 0.335 e. The molecular weight excluding hydrogens is 312 g/mol. The highest BCUT2D eigenvalue weighted by atomic mass is 16.5. The van der Waals surface area contributed by atoms with Crippen LogP contribution in [-0.4, -0.2) is 60.1 Å². The van der Waals surface area contributed by atoms with Gasteiger partial charge in [0, 0.05) is 32.6 Å². The molecule has 7 nitrogen and oxygen atoms in total. The number of morpholine rings is 1. The fraction of sp³-hybridized carbons (Fsp3) is 0.353. The molecule has 2 N–H and O–H groups in total. The van der Waals surface area contributed by atoms with E-state index in [9.17, 15) is 14.4 Å². The van der Waals surface area contributed by atoms with Crippen LogP contribution in [0.5, 0.6) is 0 Å². The number of hydrogen-bond donors (Lipinski definition) is 2. The van der Waals surface area contributed by atoms with Crippen molar-refractivity contribution < 1.29 is 24.2 Å². The lowest BCUT2D eigenvalue weighted by Crippen LogP contribution is -2.49. The summed E-state index contributed by atoms with van der Waals surface area (Å²) in [5.41, 5.74) is 0.948. The Morgan fingerprint density at radius 2 is 2.04 bits per heavy atom. The molecule has 0 aliphatic carbocycles. The van der Waals surface area contributed by atoms with Gasteiger partial charge in [0.1, 0.15) is 0 Å². The van der Waals surface area contributed by atoms with Gasteiger partial charge in [-0.05, 0) is 23.8 Å². The molecule has 0 aromatic heterocycles. The lowest BCUT2D eigenvalue weighted by molar-refractivity contribution is -0.133. The number of nitrogens with zero attached hydrogens (tertiary/aromatic N) is 1. The summed E-state index contributed by atoms with van der Waals surface area (Å²) in [7, 11) is 0. The zero-order valence-corrected chi connectivity index (χ0v) is 13.4. The summed E-state index contributed by atoms with van der Waals surface area (Å²) in [6, 6.07) is 6.27. The molecule has 128 valence electrons. The van der Waals surface area contributed by atoms with Gasteiger partial charge in [-0.2, -0.15) is 0 Å². The predicted octanol–water partition coefficient (Wildman–Crippen LogP) is 0.761. The third kappa shape index (κ3) is 5.20. The Morgan fingerprint density at radius 3 is 2.67 bits per heavy atom. The molecule has 1 heterocycles. The summed E-state index contributed by atoms with van der Waals surface area (Å²) >= 11 is 0. The van der Waals surface area contributed by atoms with E-state index in [2.05, 4.69) is 5.32 Å². The third-order valence-electron chi connectivity index (χ3n) is 3.61. The quantitative estimate of drug-likeness (QED) is 0.776. The Morgan fingerprint density at radius 1 is 1.33 bits per heavy atom. The number of aromatic carboxylic acids is 1. The number of nitrogens with one attached hydrogen (secondary N) is 1. The summed E-state index contributed by atoms with van der Waals surface area (Å²) in [4.78, 5) is 35.6. The molecule has 1 atom stereocenters. The minimum atomic E-state index is -0.986. The first-order chi connectivity index (χ1) is 11.5. The topological polar surface area (TPSA) is 95.9 Å². The summed E-state index contributed by atoms with van der Waals surface area (Å²) in [6.45, 7) is 3.15. The Kier molecular flexibility index (Phi) is 6.08. The number of hydrogen-bond acceptors (Lipinski definition) is 4. The van der Waals surface area contributed by atoms with E-state index in [-0.39, 0.29) is 23.5 Å². The molecule has 24 heavy (non-hydrogen) atoms. The number of carbonyl (C=O) groups is 3. The molecule has 1 aliphatic heterocycles. The second kappa shape index (κ2) is 8.26. The van der Waals surface area contributed by atoms with E-state index in [1.807, 2.05) is 0 Å². The first-order valence-electron chi connectivity index (χ1n) is 7.62. The van der Waals surface area contributed by atoms with E-state index in [0.717, 1.165) is 5.56 Å². The van der Waals surface area contributed by atoms with Gasteiger partial charge in [-0.25, -0.2) is 4.79 Å². The largest absolute Gasteiger partial charge is 0.478 e. The number of carboxylic acids is 1. The van der Waals surface area contributed by atoms with Crippen molar-refractivity contribution in [2.24, 2.45) is 0 Å². The highest BCUT2D eigenvalue weighted by Crippen LogP contribution is 2.09. The minimum absolute atomic E-state index is 0.133. The van der Waals surface area contributed by atoms with E-state index >= 15 is 0 Å². The zero-order valence-electron chi connectivity index (χ0n) is 13.4. The van der Waals surface area contributed by atoms with Crippen molar-refractivity contribution in [1.29, 1.82) is 0 Å². The highest BCUT2D eigenvalue weighted by Gasteiger charge is 2.22. The highest BCUT2D eigenvalue weighted by molar-refractivity contribution is 5.92. The minimum Gasteiger partial charge on any atom is -0.478 e. The third-order valence-corrected chi connectivity index (χ3v) is 3.61. The Balaban J connectivity index is 1.90. The molecular formula is C17H20N2O5. The molecule has 1 unspecified atom stereocenters. The van der Waals surface area contributed by atoms with Gasteiger partial charge in [0.25, 0.3) is 0 Å². The Bertz CT molecular complexity index is 639. The van der Waals surface area contributed by atoms with E-state index in [1.54, 1.807) is 23.1 Å². The van der Waals surface area contributed by atoms with Crippen LogP contribution in [0.15, 0.2) is 30.3 Å². The molecule has 1 aromatic carbocycles. The van der Waals surface area contributed by atoms with Crippen LogP contribution < -0.4 is 5.32 Å². The van der Waals surface area contributed by atoms with Crippen molar-refractivity contribution in [2.75, 3.05) is 26.2 Å². The van der Waals surface area contributed by atoms with Gasteiger partial charge >= 0.3 is 5.97 Å². The molecule has 2 rings (SSSR count). The second-order valence-electron chi connectivity index (χ2n) is 5.47. The second-order valence-corrected chi connectivity index (χ2v) is 5.47. The van der Waals surface area contributed by atoms with E-state index in [0.29, 0.717) is 26.2 Å². The number of benzene rings is 1. The SMILES string of the molecule is CC(=O)NCC1CN(C(=O)C=Cc2ccc(C(=O)O)cc2)CCO1. The molecule has 1 aliphatic rings. The van der Waals surface area contributed by atoms with Gasteiger partial charge in [-0.3, -0.25) is 9.59 Å². The van der Waals surface area contributed by atoms with Crippen LogP contribution in [0.4, 0.5) is 0 Å². The zero-order chi connectivity index (χ0) is 17.5. The maximum Gasteiger partial charge on any atom is 0.335 e. The van der Waals surface area contributed by atoms with Crippen LogP contribution in [0.3, 0.4) is 0 Å². The monoisotopic (exact) mass is 332 g/mol. The number of amides is 2. The van der Waals surface area contributed by atoms with Gasteiger partial charge in [0.15, 0.2) is 0 Å². The molecule has 0 radical (unpaired) electrons. The maximum atomic E-state index is 12.2. The first-order valence-corrected chi connectivity index (χ1v) is 7.62.